The van der Waals surface area contributed by atoms with E-state index in [1.165, 1.54) is 13.3 Å². The van der Waals surface area contributed by atoms with E-state index >= 15 is 0 Å². The number of methoxy groups -OCH3 is 1. The number of esters is 1. The van der Waals surface area contributed by atoms with Gasteiger partial charge in [-0.2, -0.15) is 5.10 Å². The minimum absolute atomic E-state index is 0.231. The fraction of sp³-hybridized carbons (Fsp3) is 0.0370. The van der Waals surface area contributed by atoms with Crippen LogP contribution in [0, 0.1) is 0 Å². The van der Waals surface area contributed by atoms with Crippen LogP contribution in [-0.2, 0) is 9.59 Å². The van der Waals surface area contributed by atoms with Crippen LogP contribution in [0.2, 0.25) is 5.02 Å². The van der Waals surface area contributed by atoms with E-state index in [0.717, 1.165) is 10.8 Å². The third kappa shape index (κ3) is 5.86. The van der Waals surface area contributed by atoms with Gasteiger partial charge in [-0.05, 0) is 65.4 Å². The lowest BCUT2D eigenvalue weighted by Gasteiger charge is -2.10. The first-order valence-electron chi connectivity index (χ1n) is 10.7. The number of halogens is 1. The number of benzene rings is 4. The summed E-state index contributed by atoms with van der Waals surface area (Å²) in [7, 11) is 1.53. The number of nitrogens with zero attached hydrogens (tertiary/aromatic N) is 1. The molecule has 0 unspecified atom stereocenters. The number of hydrogen-bond acceptors (Lipinski definition) is 6. The van der Waals surface area contributed by atoms with E-state index in [0.29, 0.717) is 27.6 Å². The summed E-state index contributed by atoms with van der Waals surface area (Å²) in [5.41, 5.74) is 3.39. The van der Waals surface area contributed by atoms with E-state index in [-0.39, 0.29) is 5.75 Å². The van der Waals surface area contributed by atoms with Gasteiger partial charge >= 0.3 is 17.8 Å². The molecule has 180 valence electrons. The number of rotatable bonds is 6. The number of amides is 2. The Morgan fingerprint density at radius 1 is 0.861 bits per heavy atom. The maximum absolute atomic E-state index is 12.7. The summed E-state index contributed by atoms with van der Waals surface area (Å²) in [6.07, 6.45) is 1.32. The molecule has 2 N–H and O–H groups in total. The van der Waals surface area contributed by atoms with Gasteiger partial charge in [0.1, 0.15) is 11.5 Å². The molecular weight excluding hydrogens is 482 g/mol. The molecule has 0 radical (unpaired) electrons. The van der Waals surface area contributed by atoms with E-state index in [9.17, 15) is 14.4 Å². The molecule has 4 aromatic carbocycles. The second kappa shape index (κ2) is 11.2. The molecule has 0 atom stereocenters. The summed E-state index contributed by atoms with van der Waals surface area (Å²) in [6.45, 7) is 0. The number of nitrogens with one attached hydrogen (secondary N) is 2. The number of fused-ring (bicyclic) bond motifs is 1. The standard InChI is InChI=1S/C27H20ClN3O5/c1-35-21-13-11-20(12-14-21)30-25(32)26(33)31-29-16-23-22-5-3-2-4-17(22)8-15-24(23)36-27(34)18-6-9-19(28)10-7-18/h2-16H,1H3,(H,30,32)(H,31,33)/b29-16+. The number of carbonyl (C=O) groups is 3. The molecule has 0 fully saturated rings. The van der Waals surface area contributed by atoms with Gasteiger partial charge in [0.15, 0.2) is 0 Å². The molecule has 4 aromatic rings. The summed E-state index contributed by atoms with van der Waals surface area (Å²) in [6, 6.07) is 23.6. The molecule has 2 amide bonds. The maximum atomic E-state index is 12.7. The first kappa shape index (κ1) is 24.4. The Hall–Kier alpha value is -4.69. The quantitative estimate of drug-likeness (QED) is 0.130. The summed E-state index contributed by atoms with van der Waals surface area (Å²) in [4.78, 5) is 37.1. The van der Waals surface area contributed by atoms with Crippen molar-refractivity contribution >= 4 is 52.1 Å². The van der Waals surface area contributed by atoms with Crippen LogP contribution < -0.4 is 20.2 Å². The molecule has 0 spiro atoms. The molecule has 8 nitrogen and oxygen atoms in total. The molecule has 0 aromatic heterocycles. The molecule has 0 bridgehead atoms. The van der Waals surface area contributed by atoms with Crippen molar-refractivity contribution in [2.45, 2.75) is 0 Å². The average molecular weight is 502 g/mol. The van der Waals surface area contributed by atoms with Gasteiger partial charge in [-0.1, -0.05) is 41.9 Å². The van der Waals surface area contributed by atoms with Crippen molar-refractivity contribution in [2.75, 3.05) is 12.4 Å². The monoisotopic (exact) mass is 501 g/mol. The Labute approximate surface area is 211 Å². The summed E-state index contributed by atoms with van der Waals surface area (Å²) < 4.78 is 10.7. The van der Waals surface area contributed by atoms with E-state index in [1.807, 2.05) is 24.3 Å². The first-order valence-corrected chi connectivity index (χ1v) is 11.1. The number of anilines is 1. The van der Waals surface area contributed by atoms with Crippen molar-refractivity contribution in [3.8, 4) is 11.5 Å². The third-order valence-electron chi connectivity index (χ3n) is 5.13. The Kier molecular flexibility index (Phi) is 7.57. The lowest BCUT2D eigenvalue weighted by molar-refractivity contribution is -0.136. The molecule has 0 saturated heterocycles. The number of carbonyl (C=O) groups excluding carboxylic acids is 3. The summed E-state index contributed by atoms with van der Waals surface area (Å²) >= 11 is 5.89. The highest BCUT2D eigenvalue weighted by atomic mass is 35.5. The van der Waals surface area contributed by atoms with Gasteiger partial charge in [0.25, 0.3) is 0 Å². The minimum Gasteiger partial charge on any atom is -0.497 e. The van der Waals surface area contributed by atoms with Crippen LogP contribution in [0.25, 0.3) is 10.8 Å². The second-order valence-electron chi connectivity index (χ2n) is 7.48. The van der Waals surface area contributed by atoms with Crippen LogP contribution in [0.5, 0.6) is 11.5 Å². The van der Waals surface area contributed by atoms with Gasteiger partial charge < -0.3 is 14.8 Å². The molecule has 4 rings (SSSR count). The maximum Gasteiger partial charge on any atom is 0.343 e. The van der Waals surface area contributed by atoms with Gasteiger partial charge in [-0.15, -0.1) is 0 Å². The van der Waals surface area contributed by atoms with Gasteiger partial charge in [0, 0.05) is 16.3 Å². The van der Waals surface area contributed by atoms with Gasteiger partial charge in [-0.25, -0.2) is 10.2 Å². The predicted molar refractivity (Wildman–Crippen MR) is 138 cm³/mol. The fourth-order valence-electron chi connectivity index (χ4n) is 3.31. The number of hydrazone groups is 1. The molecule has 0 heterocycles. The van der Waals surface area contributed by atoms with Crippen LogP contribution >= 0.6 is 11.6 Å². The Morgan fingerprint density at radius 2 is 1.58 bits per heavy atom. The zero-order valence-corrected chi connectivity index (χ0v) is 19.8. The zero-order valence-electron chi connectivity index (χ0n) is 19.0. The average Bonchev–Trinajstić information content (AvgIpc) is 2.90. The van der Waals surface area contributed by atoms with E-state index in [4.69, 9.17) is 21.1 Å². The number of hydrogen-bond donors (Lipinski definition) is 2. The van der Waals surface area contributed by atoms with Crippen LogP contribution in [0.3, 0.4) is 0 Å². The van der Waals surface area contributed by atoms with Crippen molar-refractivity contribution in [2.24, 2.45) is 5.10 Å². The van der Waals surface area contributed by atoms with Crippen molar-refractivity contribution < 1.29 is 23.9 Å². The molecule has 0 aliphatic rings. The zero-order chi connectivity index (χ0) is 25.5. The minimum atomic E-state index is -0.970. The Balaban J connectivity index is 1.51. The lowest BCUT2D eigenvalue weighted by atomic mass is 10.0. The van der Waals surface area contributed by atoms with E-state index in [1.54, 1.807) is 60.7 Å². The largest absolute Gasteiger partial charge is 0.497 e. The van der Waals surface area contributed by atoms with Crippen molar-refractivity contribution in [1.29, 1.82) is 0 Å². The van der Waals surface area contributed by atoms with Crippen LogP contribution in [-0.4, -0.2) is 31.1 Å². The van der Waals surface area contributed by atoms with Crippen molar-refractivity contribution in [1.82, 2.24) is 5.43 Å². The fourth-order valence-corrected chi connectivity index (χ4v) is 3.44. The second-order valence-corrected chi connectivity index (χ2v) is 7.91. The molecular formula is C27H20ClN3O5. The highest BCUT2D eigenvalue weighted by Crippen LogP contribution is 2.27. The molecule has 36 heavy (non-hydrogen) atoms. The van der Waals surface area contributed by atoms with Crippen molar-refractivity contribution in [3.05, 3.63) is 101 Å². The smallest absolute Gasteiger partial charge is 0.343 e. The highest BCUT2D eigenvalue weighted by Gasteiger charge is 2.15. The first-order chi connectivity index (χ1) is 17.4. The van der Waals surface area contributed by atoms with E-state index in [2.05, 4.69) is 15.8 Å². The third-order valence-corrected chi connectivity index (χ3v) is 5.38. The van der Waals surface area contributed by atoms with E-state index < -0.39 is 17.8 Å². The molecule has 0 aliphatic carbocycles. The Morgan fingerprint density at radius 3 is 2.31 bits per heavy atom. The van der Waals surface area contributed by atoms with Crippen molar-refractivity contribution in [3.63, 3.8) is 0 Å². The topological polar surface area (TPSA) is 106 Å². The molecule has 9 heteroatoms. The highest BCUT2D eigenvalue weighted by molar-refractivity contribution is 6.39. The normalized spacial score (nSPS) is 10.7. The predicted octanol–water partition coefficient (Wildman–Crippen LogP) is 4.81. The van der Waals surface area contributed by atoms with Gasteiger partial charge in [-0.3, -0.25) is 9.59 Å². The van der Waals surface area contributed by atoms with Gasteiger partial charge in [0.05, 0.1) is 18.9 Å². The molecule has 0 aliphatic heterocycles. The van der Waals surface area contributed by atoms with Gasteiger partial charge in [0.2, 0.25) is 0 Å². The molecule has 0 saturated carbocycles. The van der Waals surface area contributed by atoms with Crippen LogP contribution in [0.4, 0.5) is 5.69 Å². The SMILES string of the molecule is COc1ccc(NC(=O)C(=O)N/N=C/c2c(OC(=O)c3ccc(Cl)cc3)ccc3ccccc23)cc1. The summed E-state index contributed by atoms with van der Waals surface area (Å²) in [5, 5.41) is 8.49. The summed E-state index contributed by atoms with van der Waals surface area (Å²) in [5.74, 6) is -1.61. The van der Waals surface area contributed by atoms with Crippen LogP contribution in [0.1, 0.15) is 15.9 Å². The lowest BCUT2D eigenvalue weighted by Crippen LogP contribution is -2.32. The van der Waals surface area contributed by atoms with Crippen LogP contribution in [0.15, 0.2) is 90.0 Å². The number of ether oxygens (including phenoxy) is 2. The Bertz CT molecular complexity index is 1450.